The lowest BCUT2D eigenvalue weighted by Gasteiger charge is -2.33. The zero-order valence-electron chi connectivity index (χ0n) is 7.25. The summed E-state index contributed by atoms with van der Waals surface area (Å²) in [5.74, 6) is 0. The Hall–Kier alpha value is -0.280. The Labute approximate surface area is 77.6 Å². The molecule has 0 saturated carbocycles. The van der Waals surface area contributed by atoms with Crippen molar-refractivity contribution in [2.45, 2.75) is 25.3 Å². The fourth-order valence-corrected chi connectivity index (χ4v) is 1.82. The number of likely N-dealkylation sites (tertiary alicyclic amines) is 1. The van der Waals surface area contributed by atoms with E-state index in [1.807, 2.05) is 0 Å². The van der Waals surface area contributed by atoms with Gasteiger partial charge in [0.2, 0.25) is 0 Å². The molecule has 12 heavy (non-hydrogen) atoms. The number of piperidine rings is 1. The van der Waals surface area contributed by atoms with Gasteiger partial charge in [0.1, 0.15) is 0 Å². The number of hydrogen-bond donors (Lipinski definition) is 0. The highest BCUT2D eigenvalue weighted by molar-refractivity contribution is 6.62. The van der Waals surface area contributed by atoms with Crippen LogP contribution in [0.2, 0.25) is 0 Å². The van der Waals surface area contributed by atoms with Gasteiger partial charge in [-0.05, 0) is 30.9 Å². The Balaban J connectivity index is 2.48. The lowest BCUT2D eigenvalue weighted by Crippen LogP contribution is -2.43. The fraction of sp³-hybridized carbons (Fsp3) is 0.875. The molecule has 0 aromatic carbocycles. The van der Waals surface area contributed by atoms with Crippen LogP contribution in [0.3, 0.4) is 0 Å². The first-order chi connectivity index (χ1) is 5.75. The van der Waals surface area contributed by atoms with Gasteiger partial charge >= 0.3 is 5.37 Å². The van der Waals surface area contributed by atoms with Crippen molar-refractivity contribution >= 4 is 17.0 Å². The maximum atomic E-state index is 10.9. The summed E-state index contributed by atoms with van der Waals surface area (Å²) in [5, 5.41) is -0.350. The van der Waals surface area contributed by atoms with Gasteiger partial charge in [0.25, 0.3) is 0 Å². The third kappa shape index (κ3) is 2.35. The molecule has 0 radical (unpaired) electrons. The van der Waals surface area contributed by atoms with Gasteiger partial charge in [-0.3, -0.25) is 4.79 Å². The van der Waals surface area contributed by atoms with E-state index in [-0.39, 0.29) is 11.4 Å². The van der Waals surface area contributed by atoms with Gasteiger partial charge in [-0.1, -0.05) is 0 Å². The van der Waals surface area contributed by atoms with Gasteiger partial charge in [0.05, 0.1) is 12.6 Å². The van der Waals surface area contributed by atoms with Gasteiger partial charge in [0.15, 0.2) is 0 Å². The Morgan fingerprint density at radius 1 is 1.67 bits per heavy atom. The zero-order valence-corrected chi connectivity index (χ0v) is 8.01. The number of nitrogens with zero attached hydrogens (tertiary/aromatic N) is 1. The van der Waals surface area contributed by atoms with Crippen molar-refractivity contribution in [3.63, 3.8) is 0 Å². The maximum Gasteiger partial charge on any atom is 0.316 e. The van der Waals surface area contributed by atoms with E-state index >= 15 is 0 Å². The van der Waals surface area contributed by atoms with Crippen molar-refractivity contribution in [3.05, 3.63) is 0 Å². The monoisotopic (exact) mass is 191 g/mol. The average molecular weight is 192 g/mol. The summed E-state index contributed by atoms with van der Waals surface area (Å²) >= 11 is 5.42. The molecule has 0 aromatic rings. The van der Waals surface area contributed by atoms with Crippen molar-refractivity contribution in [1.82, 2.24) is 4.90 Å². The lowest BCUT2D eigenvalue weighted by atomic mass is 10.0. The first kappa shape index (κ1) is 9.81. The van der Waals surface area contributed by atoms with Crippen LogP contribution in [0.25, 0.3) is 0 Å². The van der Waals surface area contributed by atoms with Crippen LogP contribution in [-0.2, 0) is 4.74 Å². The van der Waals surface area contributed by atoms with Crippen LogP contribution < -0.4 is 0 Å². The second-order valence-electron chi connectivity index (χ2n) is 3.05. The van der Waals surface area contributed by atoms with E-state index < -0.39 is 0 Å². The highest BCUT2D eigenvalue weighted by atomic mass is 35.5. The fourth-order valence-electron chi connectivity index (χ4n) is 1.60. The zero-order chi connectivity index (χ0) is 8.97. The van der Waals surface area contributed by atoms with Crippen molar-refractivity contribution < 1.29 is 9.53 Å². The smallest absolute Gasteiger partial charge is 0.316 e. The predicted molar refractivity (Wildman–Crippen MR) is 47.5 cm³/mol. The predicted octanol–water partition coefficient (Wildman–Crippen LogP) is 1.85. The van der Waals surface area contributed by atoms with Gasteiger partial charge < -0.3 is 9.64 Å². The topological polar surface area (TPSA) is 29.5 Å². The van der Waals surface area contributed by atoms with Crippen LogP contribution in [0.4, 0.5) is 4.79 Å². The van der Waals surface area contributed by atoms with E-state index in [9.17, 15) is 4.79 Å². The molecule has 0 N–H and O–H groups in total. The minimum atomic E-state index is -0.350. The van der Waals surface area contributed by atoms with Gasteiger partial charge in [-0.25, -0.2) is 0 Å². The Kier molecular flexibility index (Phi) is 3.82. The molecule has 0 bridgehead atoms. The third-order valence-electron chi connectivity index (χ3n) is 2.21. The largest absolute Gasteiger partial charge is 0.383 e. The summed E-state index contributed by atoms with van der Waals surface area (Å²) in [6, 6.07) is 0.189. The molecule has 0 spiro atoms. The van der Waals surface area contributed by atoms with Crippen LogP contribution in [0, 0.1) is 0 Å². The van der Waals surface area contributed by atoms with Gasteiger partial charge in [-0.15, -0.1) is 0 Å². The Morgan fingerprint density at radius 2 is 2.42 bits per heavy atom. The number of rotatable bonds is 2. The Bertz CT molecular complexity index is 161. The first-order valence-corrected chi connectivity index (χ1v) is 4.58. The molecule has 1 rings (SSSR count). The number of carbonyl (C=O) groups excluding carboxylic acids is 1. The maximum absolute atomic E-state index is 10.9. The van der Waals surface area contributed by atoms with E-state index in [1.54, 1.807) is 12.0 Å². The molecule has 1 unspecified atom stereocenters. The molecule has 1 aliphatic heterocycles. The summed E-state index contributed by atoms with van der Waals surface area (Å²) in [6.45, 7) is 1.37. The molecule has 4 heteroatoms. The molecule has 3 nitrogen and oxygen atoms in total. The second kappa shape index (κ2) is 4.67. The summed E-state index contributed by atoms with van der Waals surface area (Å²) in [7, 11) is 1.64. The minimum Gasteiger partial charge on any atom is -0.383 e. The highest BCUT2D eigenvalue weighted by Gasteiger charge is 2.24. The molecule has 1 amide bonds. The standard InChI is InChI=1S/C8H14ClNO2/c1-12-6-7-4-2-3-5-10(7)8(9)11/h7H,2-6H2,1H3. The van der Waals surface area contributed by atoms with Crippen LogP contribution in [0.15, 0.2) is 0 Å². The first-order valence-electron chi connectivity index (χ1n) is 4.20. The average Bonchev–Trinajstić information content (AvgIpc) is 2.05. The second-order valence-corrected chi connectivity index (χ2v) is 3.37. The summed E-state index contributed by atoms with van der Waals surface area (Å²) in [5.41, 5.74) is 0. The van der Waals surface area contributed by atoms with Crippen molar-refractivity contribution in [2.75, 3.05) is 20.3 Å². The van der Waals surface area contributed by atoms with E-state index in [1.165, 1.54) is 0 Å². The third-order valence-corrected chi connectivity index (χ3v) is 2.43. The number of carbonyl (C=O) groups is 1. The molecular weight excluding hydrogens is 178 g/mol. The molecule has 1 atom stereocenters. The van der Waals surface area contributed by atoms with E-state index in [0.717, 1.165) is 25.8 Å². The molecule has 0 aromatic heterocycles. The summed E-state index contributed by atoms with van der Waals surface area (Å²) < 4.78 is 5.01. The number of ether oxygens (including phenoxy) is 1. The molecule has 0 aliphatic carbocycles. The Morgan fingerprint density at radius 3 is 3.00 bits per heavy atom. The SMILES string of the molecule is COCC1CCCCN1C(=O)Cl. The van der Waals surface area contributed by atoms with Crippen LogP contribution in [0.1, 0.15) is 19.3 Å². The van der Waals surface area contributed by atoms with Crippen LogP contribution in [-0.4, -0.2) is 36.6 Å². The molecule has 1 saturated heterocycles. The van der Waals surface area contributed by atoms with E-state index in [0.29, 0.717) is 6.61 Å². The van der Waals surface area contributed by atoms with Crippen molar-refractivity contribution in [2.24, 2.45) is 0 Å². The van der Waals surface area contributed by atoms with Crippen molar-refractivity contribution in [1.29, 1.82) is 0 Å². The quantitative estimate of drug-likeness (QED) is 0.493. The normalized spacial score (nSPS) is 24.2. The molecule has 1 aliphatic rings. The summed E-state index contributed by atoms with van der Waals surface area (Å²) in [6.07, 6.45) is 3.22. The van der Waals surface area contributed by atoms with Crippen LogP contribution in [0.5, 0.6) is 0 Å². The molecular formula is C8H14ClNO2. The molecule has 70 valence electrons. The lowest BCUT2D eigenvalue weighted by molar-refractivity contribution is 0.0915. The van der Waals surface area contributed by atoms with Crippen molar-refractivity contribution in [3.8, 4) is 0 Å². The number of methoxy groups -OCH3 is 1. The highest BCUT2D eigenvalue weighted by Crippen LogP contribution is 2.18. The molecule has 1 heterocycles. The summed E-state index contributed by atoms with van der Waals surface area (Å²) in [4.78, 5) is 12.6. The number of amides is 1. The van der Waals surface area contributed by atoms with Gasteiger partial charge in [-0.2, -0.15) is 0 Å². The van der Waals surface area contributed by atoms with Crippen LogP contribution >= 0.6 is 11.6 Å². The minimum absolute atomic E-state index is 0.189. The molecule has 1 fully saturated rings. The number of hydrogen-bond acceptors (Lipinski definition) is 2. The number of halogens is 1. The van der Waals surface area contributed by atoms with E-state index in [4.69, 9.17) is 16.3 Å². The van der Waals surface area contributed by atoms with Gasteiger partial charge in [0, 0.05) is 13.7 Å². The van der Waals surface area contributed by atoms with E-state index in [2.05, 4.69) is 0 Å².